The molecule has 1 rings (SSSR count). The predicted octanol–water partition coefficient (Wildman–Crippen LogP) is 3.53. The van der Waals surface area contributed by atoms with E-state index in [9.17, 15) is 14.9 Å². The van der Waals surface area contributed by atoms with Gasteiger partial charge in [-0.2, -0.15) is 0 Å². The Morgan fingerprint density at radius 3 is 2.04 bits per heavy atom. The summed E-state index contributed by atoms with van der Waals surface area (Å²) in [5, 5.41) is 29.9. The summed E-state index contributed by atoms with van der Waals surface area (Å²) in [7, 11) is -3.80. The summed E-state index contributed by atoms with van der Waals surface area (Å²) in [5.41, 5.74) is 0.271. The Morgan fingerprint density at radius 1 is 1.17 bits per heavy atom. The molecule has 0 aliphatic rings. The summed E-state index contributed by atoms with van der Waals surface area (Å²) in [6, 6.07) is 5.49. The van der Waals surface area contributed by atoms with E-state index in [-0.39, 0.29) is 24.5 Å². The van der Waals surface area contributed by atoms with E-state index in [4.69, 9.17) is 14.3 Å². The highest BCUT2D eigenvalue weighted by Gasteiger charge is 2.51. The van der Waals surface area contributed by atoms with Gasteiger partial charge in [-0.05, 0) is 39.8 Å². The number of phenols is 1. The van der Waals surface area contributed by atoms with Gasteiger partial charge >= 0.3 is 7.60 Å². The first kappa shape index (κ1) is 20.1. The standard InChI is InChI=1S/C14H23NO7P/c1-5-20-23(19,21-6-2)14(3,4)15(17)13(22-18)11-7-9-12(16)10-8-11/h7-10,13,16,18H,5-6H2,1-4H3. The van der Waals surface area contributed by atoms with Gasteiger partial charge in [0.2, 0.25) is 0 Å². The number of hydrogen-bond acceptors (Lipinski definition) is 7. The van der Waals surface area contributed by atoms with Crippen LogP contribution in [0.3, 0.4) is 0 Å². The van der Waals surface area contributed by atoms with E-state index in [2.05, 4.69) is 4.89 Å². The van der Waals surface area contributed by atoms with Crippen LogP contribution in [0.5, 0.6) is 5.75 Å². The first-order valence-electron chi connectivity index (χ1n) is 7.18. The molecule has 0 aliphatic carbocycles. The molecule has 23 heavy (non-hydrogen) atoms. The molecule has 8 nitrogen and oxygen atoms in total. The number of benzene rings is 1. The molecule has 0 aliphatic heterocycles. The number of rotatable bonds is 9. The lowest BCUT2D eigenvalue weighted by Gasteiger charge is -2.39. The van der Waals surface area contributed by atoms with Gasteiger partial charge in [-0.25, -0.2) is 10.1 Å². The SMILES string of the molecule is CCOP(=O)(OCC)C(C)(C)N([O])C(OO)c1ccc(O)cc1. The molecule has 0 amide bonds. The number of aromatic hydroxyl groups is 1. The topological polar surface area (TPSA) is 108 Å². The number of hydroxylamine groups is 2. The lowest BCUT2D eigenvalue weighted by Crippen LogP contribution is -2.44. The molecule has 0 heterocycles. The maximum absolute atomic E-state index is 12.9. The molecule has 0 saturated carbocycles. The van der Waals surface area contributed by atoms with Crippen molar-refractivity contribution in [2.24, 2.45) is 0 Å². The highest BCUT2D eigenvalue weighted by Crippen LogP contribution is 2.62. The lowest BCUT2D eigenvalue weighted by atomic mass is 10.1. The minimum absolute atomic E-state index is 0.00328. The third-order valence-corrected chi connectivity index (χ3v) is 6.03. The van der Waals surface area contributed by atoms with E-state index in [0.717, 1.165) is 0 Å². The summed E-state index contributed by atoms with van der Waals surface area (Å²) in [6.45, 7) is 6.24. The van der Waals surface area contributed by atoms with Gasteiger partial charge in [-0.1, -0.05) is 12.1 Å². The van der Waals surface area contributed by atoms with Crippen molar-refractivity contribution in [3.63, 3.8) is 0 Å². The van der Waals surface area contributed by atoms with Gasteiger partial charge < -0.3 is 14.2 Å². The summed E-state index contributed by atoms with van der Waals surface area (Å²) >= 11 is 0. The maximum Gasteiger partial charge on any atom is 0.352 e. The van der Waals surface area contributed by atoms with Gasteiger partial charge in [0, 0.05) is 5.56 Å². The van der Waals surface area contributed by atoms with Gasteiger partial charge in [-0.15, -0.1) is 10.3 Å². The average Bonchev–Trinajstić information content (AvgIpc) is 2.50. The van der Waals surface area contributed by atoms with Gasteiger partial charge in [0.1, 0.15) is 11.0 Å². The van der Waals surface area contributed by atoms with Crippen molar-refractivity contribution < 1.29 is 34.1 Å². The van der Waals surface area contributed by atoms with Crippen LogP contribution in [0.25, 0.3) is 0 Å². The molecule has 1 aromatic carbocycles. The molecular weight excluding hydrogens is 325 g/mol. The fourth-order valence-electron chi connectivity index (χ4n) is 1.98. The molecule has 1 atom stereocenters. The second kappa shape index (κ2) is 8.21. The highest BCUT2D eigenvalue weighted by molar-refractivity contribution is 7.55. The summed E-state index contributed by atoms with van der Waals surface area (Å²) in [5.74, 6) is -0.00328. The summed E-state index contributed by atoms with van der Waals surface area (Å²) in [4.78, 5) is 4.28. The first-order valence-corrected chi connectivity index (χ1v) is 8.72. The molecule has 2 N–H and O–H groups in total. The number of phenolic OH excluding ortho intramolecular Hbond substituents is 1. The third kappa shape index (κ3) is 4.30. The largest absolute Gasteiger partial charge is 0.508 e. The minimum Gasteiger partial charge on any atom is -0.508 e. The summed E-state index contributed by atoms with van der Waals surface area (Å²) in [6.07, 6.45) is -1.46. The zero-order valence-corrected chi connectivity index (χ0v) is 14.5. The van der Waals surface area contributed by atoms with Crippen molar-refractivity contribution in [1.29, 1.82) is 0 Å². The average molecular weight is 348 g/mol. The monoisotopic (exact) mass is 348 g/mol. The van der Waals surface area contributed by atoms with Crippen LogP contribution in [-0.2, 0) is 23.7 Å². The van der Waals surface area contributed by atoms with Crippen molar-refractivity contribution in [2.75, 3.05) is 13.2 Å². The van der Waals surface area contributed by atoms with Crippen LogP contribution in [-0.4, -0.2) is 33.9 Å². The van der Waals surface area contributed by atoms with Crippen LogP contribution in [0, 0.1) is 0 Å². The second-order valence-corrected chi connectivity index (χ2v) is 7.81. The molecule has 1 radical (unpaired) electrons. The molecule has 131 valence electrons. The zero-order chi connectivity index (χ0) is 17.7. The Balaban J connectivity index is 3.17. The Hall–Kier alpha value is -0.990. The van der Waals surface area contributed by atoms with Crippen molar-refractivity contribution in [1.82, 2.24) is 5.06 Å². The molecule has 1 unspecified atom stereocenters. The van der Waals surface area contributed by atoms with Gasteiger partial charge in [-0.3, -0.25) is 4.57 Å². The lowest BCUT2D eigenvalue weighted by molar-refractivity contribution is -0.392. The maximum atomic E-state index is 12.9. The third-order valence-electron chi connectivity index (χ3n) is 3.30. The zero-order valence-electron chi connectivity index (χ0n) is 13.6. The van der Waals surface area contributed by atoms with Gasteiger partial charge in [0.15, 0.2) is 6.23 Å². The Morgan fingerprint density at radius 2 is 1.65 bits per heavy atom. The first-order chi connectivity index (χ1) is 10.7. The van der Waals surface area contributed by atoms with Crippen LogP contribution in [0.1, 0.15) is 39.5 Å². The number of hydrogen-bond donors (Lipinski definition) is 2. The Kier molecular flexibility index (Phi) is 7.16. The van der Waals surface area contributed by atoms with E-state index in [1.54, 1.807) is 13.8 Å². The normalized spacial score (nSPS) is 14.2. The molecule has 0 spiro atoms. The highest BCUT2D eigenvalue weighted by atomic mass is 31.2. The van der Waals surface area contributed by atoms with E-state index in [1.165, 1.54) is 38.1 Å². The fourth-order valence-corrected chi connectivity index (χ4v) is 3.71. The Bertz CT molecular complexity index is 524. The van der Waals surface area contributed by atoms with Crippen molar-refractivity contribution >= 4 is 7.60 Å². The predicted molar refractivity (Wildman–Crippen MR) is 82.0 cm³/mol. The van der Waals surface area contributed by atoms with Crippen LogP contribution < -0.4 is 0 Å². The van der Waals surface area contributed by atoms with E-state index in [0.29, 0.717) is 5.06 Å². The van der Waals surface area contributed by atoms with E-state index < -0.39 is 19.1 Å². The fraction of sp³-hybridized carbons (Fsp3) is 0.571. The van der Waals surface area contributed by atoms with Gasteiger partial charge in [0.05, 0.1) is 13.2 Å². The van der Waals surface area contributed by atoms with E-state index in [1.807, 2.05) is 0 Å². The molecule has 0 fully saturated rings. The molecule has 0 saturated heterocycles. The quantitative estimate of drug-likeness (QED) is 0.304. The van der Waals surface area contributed by atoms with Crippen LogP contribution in [0.2, 0.25) is 0 Å². The van der Waals surface area contributed by atoms with Crippen molar-refractivity contribution in [3.05, 3.63) is 29.8 Å². The molecule has 0 aromatic heterocycles. The molecule has 1 aromatic rings. The second-order valence-electron chi connectivity index (χ2n) is 5.20. The smallest absolute Gasteiger partial charge is 0.352 e. The van der Waals surface area contributed by atoms with Gasteiger partial charge in [0.25, 0.3) is 0 Å². The summed E-state index contributed by atoms with van der Waals surface area (Å²) < 4.78 is 23.4. The van der Waals surface area contributed by atoms with Crippen molar-refractivity contribution in [2.45, 2.75) is 39.2 Å². The molecule has 0 bridgehead atoms. The molecular formula is C14H23NO7P. The van der Waals surface area contributed by atoms with Crippen LogP contribution >= 0.6 is 7.60 Å². The van der Waals surface area contributed by atoms with E-state index >= 15 is 0 Å². The molecule has 9 heteroatoms. The number of nitrogens with zero attached hydrogens (tertiary/aromatic N) is 1. The van der Waals surface area contributed by atoms with Crippen LogP contribution in [0.4, 0.5) is 0 Å². The Labute approximate surface area is 135 Å². The van der Waals surface area contributed by atoms with Crippen LogP contribution in [0.15, 0.2) is 24.3 Å². The van der Waals surface area contributed by atoms with Crippen molar-refractivity contribution in [3.8, 4) is 5.75 Å². The minimum atomic E-state index is -3.80.